The quantitative estimate of drug-likeness (QED) is 0.808. The fraction of sp³-hybridized carbons (Fsp3) is 0.125. The van der Waals surface area contributed by atoms with Gasteiger partial charge in [0.25, 0.3) is 5.91 Å². The number of para-hydroxylation sites is 1. The third kappa shape index (κ3) is 2.73. The summed E-state index contributed by atoms with van der Waals surface area (Å²) in [5.74, 6) is -0.147. The van der Waals surface area contributed by atoms with Gasteiger partial charge >= 0.3 is 0 Å². The molecule has 2 aromatic heterocycles. The van der Waals surface area contributed by atoms with E-state index in [9.17, 15) is 9.59 Å². The summed E-state index contributed by atoms with van der Waals surface area (Å²) in [6, 6.07) is 12.7. The van der Waals surface area contributed by atoms with Crippen molar-refractivity contribution in [1.29, 1.82) is 0 Å². The first-order valence-corrected chi connectivity index (χ1v) is 7.43. The molecule has 0 aliphatic heterocycles. The highest BCUT2D eigenvalue weighted by Gasteiger charge is 2.16. The molecule has 1 N–H and O–H groups in total. The number of aromatic amines is 1. The second kappa shape index (κ2) is 5.54. The van der Waals surface area contributed by atoms with Crippen molar-refractivity contribution in [1.82, 2.24) is 9.88 Å². The Kier molecular flexibility index (Phi) is 3.58. The van der Waals surface area contributed by atoms with Crippen molar-refractivity contribution in [2.75, 3.05) is 7.05 Å². The summed E-state index contributed by atoms with van der Waals surface area (Å²) in [7, 11) is 1.75. The van der Waals surface area contributed by atoms with Crippen molar-refractivity contribution >= 4 is 28.1 Å². The van der Waals surface area contributed by atoms with Crippen LogP contribution in [0.1, 0.15) is 15.2 Å². The fourth-order valence-corrected chi connectivity index (χ4v) is 3.05. The van der Waals surface area contributed by atoms with Crippen LogP contribution in [-0.4, -0.2) is 22.8 Å². The monoisotopic (exact) mass is 298 g/mol. The van der Waals surface area contributed by atoms with Gasteiger partial charge in [-0.15, -0.1) is 11.3 Å². The van der Waals surface area contributed by atoms with Gasteiger partial charge in [-0.25, -0.2) is 0 Å². The van der Waals surface area contributed by atoms with Gasteiger partial charge in [0, 0.05) is 28.9 Å². The number of hydrogen-bond acceptors (Lipinski definition) is 3. The lowest BCUT2D eigenvalue weighted by atomic mass is 10.1. The summed E-state index contributed by atoms with van der Waals surface area (Å²) in [4.78, 5) is 29.8. The first-order chi connectivity index (χ1) is 10.1. The normalized spacial score (nSPS) is 10.7. The molecule has 4 nitrogen and oxygen atoms in total. The molecule has 0 unspecified atom stereocenters. The lowest BCUT2D eigenvalue weighted by Crippen LogP contribution is -2.27. The van der Waals surface area contributed by atoms with E-state index in [0.717, 1.165) is 10.3 Å². The zero-order chi connectivity index (χ0) is 14.8. The molecule has 0 bridgehead atoms. The maximum Gasteiger partial charge on any atom is 0.254 e. The van der Waals surface area contributed by atoms with Crippen LogP contribution >= 0.6 is 11.3 Å². The Morgan fingerprint density at radius 2 is 2.05 bits per heavy atom. The Morgan fingerprint density at radius 1 is 1.24 bits per heavy atom. The number of carbonyl (C=O) groups excluding carboxylic acids is 1. The van der Waals surface area contributed by atoms with Crippen molar-refractivity contribution in [2.24, 2.45) is 0 Å². The van der Waals surface area contributed by atoms with Crippen LogP contribution < -0.4 is 5.56 Å². The van der Waals surface area contributed by atoms with Crippen LogP contribution in [0, 0.1) is 0 Å². The number of thiophene rings is 1. The molecule has 0 spiro atoms. The predicted octanol–water partition coefficient (Wildman–Crippen LogP) is 2.86. The number of pyridine rings is 1. The van der Waals surface area contributed by atoms with Gasteiger partial charge in [0.15, 0.2) is 0 Å². The first kappa shape index (κ1) is 13.6. The molecular weight excluding hydrogens is 284 g/mol. The van der Waals surface area contributed by atoms with Crippen LogP contribution in [0.3, 0.4) is 0 Å². The Balaban J connectivity index is 1.99. The number of rotatable bonds is 3. The Bertz CT molecular complexity index is 837. The van der Waals surface area contributed by atoms with Crippen LogP contribution in [0.2, 0.25) is 0 Å². The molecule has 3 rings (SSSR count). The minimum Gasteiger partial charge on any atom is -0.337 e. The van der Waals surface area contributed by atoms with E-state index in [-0.39, 0.29) is 11.5 Å². The highest BCUT2D eigenvalue weighted by molar-refractivity contribution is 7.09. The SMILES string of the molecule is CN(Cc1cccs1)C(=O)c1cc(=O)[nH]c2ccccc12. The molecule has 106 valence electrons. The second-order valence-electron chi connectivity index (χ2n) is 4.83. The number of amides is 1. The molecule has 0 fully saturated rings. The molecule has 0 saturated carbocycles. The second-order valence-corrected chi connectivity index (χ2v) is 5.87. The van der Waals surface area contributed by atoms with Crippen molar-refractivity contribution in [3.63, 3.8) is 0 Å². The summed E-state index contributed by atoms with van der Waals surface area (Å²) in [6.45, 7) is 0.539. The topological polar surface area (TPSA) is 53.2 Å². The van der Waals surface area contributed by atoms with Gasteiger partial charge in [0.2, 0.25) is 5.56 Å². The van der Waals surface area contributed by atoms with Gasteiger partial charge < -0.3 is 9.88 Å². The Labute approximate surface area is 125 Å². The lowest BCUT2D eigenvalue weighted by molar-refractivity contribution is 0.0788. The van der Waals surface area contributed by atoms with E-state index in [2.05, 4.69) is 4.98 Å². The van der Waals surface area contributed by atoms with Crippen molar-refractivity contribution in [2.45, 2.75) is 6.54 Å². The number of aromatic nitrogens is 1. The largest absolute Gasteiger partial charge is 0.337 e. The van der Waals surface area contributed by atoms with E-state index < -0.39 is 0 Å². The number of H-pyrrole nitrogens is 1. The van der Waals surface area contributed by atoms with Gasteiger partial charge in [-0.1, -0.05) is 24.3 Å². The lowest BCUT2D eigenvalue weighted by Gasteiger charge is -2.17. The van der Waals surface area contributed by atoms with E-state index in [0.29, 0.717) is 17.6 Å². The van der Waals surface area contributed by atoms with Crippen molar-refractivity contribution in [3.8, 4) is 0 Å². The van der Waals surface area contributed by atoms with Crippen LogP contribution in [-0.2, 0) is 6.54 Å². The van der Waals surface area contributed by atoms with E-state index in [4.69, 9.17) is 0 Å². The fourth-order valence-electron chi connectivity index (χ4n) is 2.30. The highest BCUT2D eigenvalue weighted by Crippen LogP contribution is 2.18. The molecule has 3 aromatic rings. The van der Waals surface area contributed by atoms with Crippen molar-refractivity contribution < 1.29 is 4.79 Å². The molecule has 21 heavy (non-hydrogen) atoms. The number of benzene rings is 1. The molecule has 0 saturated heterocycles. The Hall–Kier alpha value is -2.40. The molecule has 0 atom stereocenters. The minimum absolute atomic E-state index is 0.147. The minimum atomic E-state index is -0.262. The first-order valence-electron chi connectivity index (χ1n) is 6.55. The van der Waals surface area contributed by atoms with Gasteiger partial charge in [0.1, 0.15) is 0 Å². The molecule has 5 heteroatoms. The summed E-state index contributed by atoms with van der Waals surface area (Å²) in [5.41, 5.74) is 0.854. The molecule has 0 radical (unpaired) electrons. The van der Waals surface area contributed by atoms with Gasteiger partial charge in [-0.2, -0.15) is 0 Å². The van der Waals surface area contributed by atoms with Crippen LogP contribution in [0.25, 0.3) is 10.9 Å². The Morgan fingerprint density at radius 3 is 2.81 bits per heavy atom. The van der Waals surface area contributed by atoms with Gasteiger partial charge in [-0.05, 0) is 17.5 Å². The van der Waals surface area contributed by atoms with E-state index in [1.165, 1.54) is 6.07 Å². The number of carbonyl (C=O) groups is 1. The van der Waals surface area contributed by atoms with E-state index >= 15 is 0 Å². The highest BCUT2D eigenvalue weighted by atomic mass is 32.1. The number of nitrogens with zero attached hydrogens (tertiary/aromatic N) is 1. The maximum atomic E-state index is 12.6. The third-order valence-electron chi connectivity index (χ3n) is 3.30. The van der Waals surface area contributed by atoms with Crippen molar-refractivity contribution in [3.05, 3.63) is 68.6 Å². The van der Waals surface area contributed by atoms with Crippen LogP contribution in [0.4, 0.5) is 0 Å². The molecule has 1 amide bonds. The summed E-state index contributed by atoms with van der Waals surface area (Å²) in [5, 5.41) is 2.75. The summed E-state index contributed by atoms with van der Waals surface area (Å²) >= 11 is 1.61. The molecule has 0 aliphatic rings. The summed E-state index contributed by atoms with van der Waals surface area (Å²) in [6.07, 6.45) is 0. The molecular formula is C16H14N2O2S. The van der Waals surface area contributed by atoms with Crippen LogP contribution in [0.15, 0.2) is 52.6 Å². The van der Waals surface area contributed by atoms with E-state index in [1.807, 2.05) is 35.7 Å². The standard InChI is InChI=1S/C16H14N2O2S/c1-18(10-11-5-4-8-21-11)16(20)13-9-15(19)17-14-7-3-2-6-12(13)14/h2-9H,10H2,1H3,(H,17,19). The molecule has 0 aliphatic carbocycles. The third-order valence-corrected chi connectivity index (χ3v) is 4.16. The summed E-state index contributed by atoms with van der Waals surface area (Å²) < 4.78 is 0. The molecule has 2 heterocycles. The number of hydrogen-bond donors (Lipinski definition) is 1. The average Bonchev–Trinajstić information content (AvgIpc) is 2.98. The average molecular weight is 298 g/mol. The maximum absolute atomic E-state index is 12.6. The number of nitrogens with one attached hydrogen (secondary N) is 1. The van der Waals surface area contributed by atoms with E-state index in [1.54, 1.807) is 29.4 Å². The zero-order valence-electron chi connectivity index (χ0n) is 11.5. The smallest absolute Gasteiger partial charge is 0.254 e. The predicted molar refractivity (Wildman–Crippen MR) is 84.7 cm³/mol. The van der Waals surface area contributed by atoms with Gasteiger partial charge in [-0.3, -0.25) is 9.59 Å². The zero-order valence-corrected chi connectivity index (χ0v) is 12.3. The van der Waals surface area contributed by atoms with Gasteiger partial charge in [0.05, 0.1) is 12.1 Å². The van der Waals surface area contributed by atoms with Crippen LogP contribution in [0.5, 0.6) is 0 Å². The number of fused-ring (bicyclic) bond motifs is 1. The molecule has 1 aromatic carbocycles.